The normalized spacial score (nSPS) is 12.8. The first-order chi connectivity index (χ1) is 28.5. The lowest BCUT2D eigenvalue weighted by molar-refractivity contribution is 0.662. The third-order valence-electron chi connectivity index (χ3n) is 11.7. The molecule has 58 heavy (non-hydrogen) atoms. The van der Waals surface area contributed by atoms with Crippen LogP contribution in [0.2, 0.25) is 0 Å². The highest BCUT2D eigenvalue weighted by Gasteiger charge is 2.37. The summed E-state index contributed by atoms with van der Waals surface area (Å²) < 4.78 is 6.58. The Morgan fingerprint density at radius 3 is 1.57 bits per heavy atom. The molecule has 0 atom stereocenters. The topological polar surface area (TPSA) is 51.8 Å². The minimum absolute atomic E-state index is 0.144. The molecule has 0 saturated carbocycles. The van der Waals surface area contributed by atoms with Crippen LogP contribution in [0.15, 0.2) is 192 Å². The van der Waals surface area contributed by atoms with Crippen LogP contribution in [0.3, 0.4) is 0 Å². The van der Waals surface area contributed by atoms with Gasteiger partial charge in [0.15, 0.2) is 17.5 Å². The van der Waals surface area contributed by atoms with Gasteiger partial charge in [-0.2, -0.15) is 0 Å². The average molecular weight is 744 g/mol. The summed E-state index contributed by atoms with van der Waals surface area (Å²) >= 11 is 0. The number of furan rings is 1. The van der Waals surface area contributed by atoms with Gasteiger partial charge in [0.25, 0.3) is 0 Å². The predicted octanol–water partition coefficient (Wildman–Crippen LogP) is 14.1. The third kappa shape index (κ3) is 5.56. The molecule has 0 fully saturated rings. The maximum absolute atomic E-state index is 6.58. The van der Waals surface area contributed by atoms with E-state index in [1.165, 1.54) is 27.8 Å². The maximum Gasteiger partial charge on any atom is 0.164 e. The van der Waals surface area contributed by atoms with Gasteiger partial charge in [-0.1, -0.05) is 172 Å². The summed E-state index contributed by atoms with van der Waals surface area (Å²) in [6.07, 6.45) is 0. The van der Waals surface area contributed by atoms with Gasteiger partial charge in [-0.25, -0.2) is 15.0 Å². The summed E-state index contributed by atoms with van der Waals surface area (Å²) in [7, 11) is 0. The van der Waals surface area contributed by atoms with Crippen LogP contribution in [0.1, 0.15) is 25.0 Å². The minimum atomic E-state index is -0.144. The van der Waals surface area contributed by atoms with E-state index >= 15 is 0 Å². The van der Waals surface area contributed by atoms with Crippen molar-refractivity contribution in [1.29, 1.82) is 0 Å². The lowest BCUT2D eigenvalue weighted by Crippen LogP contribution is -2.16. The molecular formula is C54H37N3O. The quantitative estimate of drug-likeness (QED) is 0.170. The molecule has 2 heterocycles. The molecule has 4 heteroatoms. The molecule has 0 spiro atoms. The fourth-order valence-corrected chi connectivity index (χ4v) is 8.96. The van der Waals surface area contributed by atoms with Crippen LogP contribution in [0.25, 0.3) is 101 Å². The largest absolute Gasteiger partial charge is 0.456 e. The fourth-order valence-electron chi connectivity index (χ4n) is 8.96. The summed E-state index contributed by atoms with van der Waals surface area (Å²) in [4.78, 5) is 15.7. The number of aromatic nitrogens is 3. The second kappa shape index (κ2) is 13.4. The molecule has 274 valence electrons. The Bertz CT molecular complexity index is 3100. The zero-order valence-electron chi connectivity index (χ0n) is 32.1. The Morgan fingerprint density at radius 1 is 0.362 bits per heavy atom. The monoisotopic (exact) mass is 743 g/mol. The molecule has 2 aromatic heterocycles. The predicted molar refractivity (Wildman–Crippen MR) is 237 cm³/mol. The highest BCUT2D eigenvalue weighted by molar-refractivity contribution is 6.13. The average Bonchev–Trinajstić information content (AvgIpc) is 3.78. The van der Waals surface area contributed by atoms with E-state index in [1.807, 2.05) is 24.3 Å². The van der Waals surface area contributed by atoms with E-state index in [0.717, 1.165) is 66.4 Å². The van der Waals surface area contributed by atoms with Crippen molar-refractivity contribution in [3.05, 3.63) is 199 Å². The van der Waals surface area contributed by atoms with Crippen molar-refractivity contribution in [3.8, 4) is 78.7 Å². The highest BCUT2D eigenvalue weighted by atomic mass is 16.3. The number of hydrogen-bond donors (Lipinski definition) is 0. The molecule has 10 aromatic rings. The van der Waals surface area contributed by atoms with E-state index < -0.39 is 0 Å². The van der Waals surface area contributed by atoms with Crippen molar-refractivity contribution in [3.63, 3.8) is 0 Å². The van der Waals surface area contributed by atoms with Crippen LogP contribution in [-0.2, 0) is 5.41 Å². The van der Waals surface area contributed by atoms with E-state index in [4.69, 9.17) is 19.4 Å². The van der Waals surface area contributed by atoms with E-state index in [-0.39, 0.29) is 5.41 Å². The van der Waals surface area contributed by atoms with Crippen molar-refractivity contribution < 1.29 is 4.42 Å². The van der Waals surface area contributed by atoms with Crippen LogP contribution < -0.4 is 0 Å². The van der Waals surface area contributed by atoms with Crippen LogP contribution in [0.4, 0.5) is 0 Å². The Hall–Kier alpha value is -7.43. The van der Waals surface area contributed by atoms with Gasteiger partial charge in [0.1, 0.15) is 11.2 Å². The molecule has 0 amide bonds. The minimum Gasteiger partial charge on any atom is -0.456 e. The van der Waals surface area contributed by atoms with Crippen molar-refractivity contribution in [2.75, 3.05) is 0 Å². The lowest BCUT2D eigenvalue weighted by atomic mass is 9.79. The first-order valence-corrected chi connectivity index (χ1v) is 19.8. The van der Waals surface area contributed by atoms with Crippen molar-refractivity contribution in [2.45, 2.75) is 19.3 Å². The summed E-state index contributed by atoms with van der Waals surface area (Å²) in [6.45, 7) is 4.68. The van der Waals surface area contributed by atoms with Crippen LogP contribution in [0, 0.1) is 0 Å². The molecule has 0 unspecified atom stereocenters. The molecule has 11 rings (SSSR count). The fraction of sp³-hybridized carbons (Fsp3) is 0.0556. The molecule has 8 aromatic carbocycles. The van der Waals surface area contributed by atoms with E-state index in [1.54, 1.807) is 0 Å². The Labute approximate surface area is 337 Å². The van der Waals surface area contributed by atoms with Crippen LogP contribution in [-0.4, -0.2) is 15.0 Å². The summed E-state index contributed by atoms with van der Waals surface area (Å²) in [5.74, 6) is 1.80. The number of hydrogen-bond acceptors (Lipinski definition) is 4. The van der Waals surface area contributed by atoms with Crippen molar-refractivity contribution >= 4 is 21.9 Å². The standard InChI is InChI=1S/C54H37N3O/c1-54(2)46-27-10-9-23-42(46)43-25-13-24-41(50(43)54)38-29-30-47-45(33-38)49-44(26-14-28-48(49)58-47)53-56-51(39-21-11-19-36(31-39)34-15-5-3-6-16-34)55-52(57-53)40-22-12-20-37(32-40)35-17-7-4-8-18-35/h3-33H,1-2H3. The highest BCUT2D eigenvalue weighted by Crippen LogP contribution is 2.52. The molecule has 0 radical (unpaired) electrons. The first-order valence-electron chi connectivity index (χ1n) is 19.8. The Morgan fingerprint density at radius 2 is 0.879 bits per heavy atom. The number of benzene rings is 8. The molecule has 0 saturated heterocycles. The molecule has 1 aliphatic carbocycles. The summed E-state index contributed by atoms with van der Waals surface area (Å²) in [6, 6.07) is 66.0. The number of nitrogens with zero attached hydrogens (tertiary/aromatic N) is 3. The summed E-state index contributed by atoms with van der Waals surface area (Å²) in [5, 5.41) is 2.00. The smallest absolute Gasteiger partial charge is 0.164 e. The molecule has 0 N–H and O–H groups in total. The van der Waals surface area contributed by atoms with Gasteiger partial charge < -0.3 is 4.42 Å². The van der Waals surface area contributed by atoms with Gasteiger partial charge in [0.2, 0.25) is 0 Å². The Kier molecular flexibility index (Phi) is 7.80. The molecular weight excluding hydrogens is 707 g/mol. The van der Waals surface area contributed by atoms with Gasteiger partial charge >= 0.3 is 0 Å². The van der Waals surface area contributed by atoms with E-state index in [2.05, 4.69) is 178 Å². The second-order valence-electron chi connectivity index (χ2n) is 15.6. The second-order valence-corrected chi connectivity index (χ2v) is 15.6. The van der Waals surface area contributed by atoms with E-state index in [9.17, 15) is 0 Å². The molecule has 0 bridgehead atoms. The van der Waals surface area contributed by atoms with Gasteiger partial charge in [-0.15, -0.1) is 0 Å². The number of rotatable bonds is 6. The maximum atomic E-state index is 6.58. The zero-order valence-corrected chi connectivity index (χ0v) is 32.1. The van der Waals surface area contributed by atoms with Crippen LogP contribution >= 0.6 is 0 Å². The zero-order chi connectivity index (χ0) is 38.8. The SMILES string of the molecule is CC1(C)c2ccccc2-c2cccc(-c3ccc4oc5cccc(-c6nc(-c7cccc(-c8ccccc8)c7)nc(-c7cccc(-c8ccccc8)c7)n6)c5c4c3)c21. The number of fused-ring (bicyclic) bond motifs is 6. The first kappa shape index (κ1) is 33.9. The van der Waals surface area contributed by atoms with Gasteiger partial charge in [-0.05, 0) is 86.0 Å². The molecule has 0 aliphatic heterocycles. The van der Waals surface area contributed by atoms with Gasteiger partial charge in [0, 0.05) is 32.9 Å². The molecule has 1 aliphatic rings. The summed E-state index contributed by atoms with van der Waals surface area (Å²) in [5.41, 5.74) is 16.4. The van der Waals surface area contributed by atoms with Gasteiger partial charge in [-0.3, -0.25) is 0 Å². The van der Waals surface area contributed by atoms with Crippen LogP contribution in [0.5, 0.6) is 0 Å². The lowest BCUT2D eigenvalue weighted by Gasteiger charge is -2.24. The molecule has 4 nitrogen and oxygen atoms in total. The third-order valence-corrected chi connectivity index (χ3v) is 11.7. The Balaban J connectivity index is 1.11. The van der Waals surface area contributed by atoms with Crippen molar-refractivity contribution in [2.24, 2.45) is 0 Å². The van der Waals surface area contributed by atoms with Crippen molar-refractivity contribution in [1.82, 2.24) is 15.0 Å². The van der Waals surface area contributed by atoms with E-state index in [0.29, 0.717) is 17.5 Å². The van der Waals surface area contributed by atoms with Gasteiger partial charge in [0.05, 0.1) is 0 Å².